The molecule has 0 amide bonds. The quantitative estimate of drug-likeness (QED) is 0.586. The summed E-state index contributed by atoms with van der Waals surface area (Å²) in [7, 11) is -2.02. The van der Waals surface area contributed by atoms with E-state index in [0.717, 1.165) is 56.9 Å². The molecule has 0 saturated carbocycles. The maximum absolute atomic E-state index is 11.2. The Kier molecular flexibility index (Phi) is 6.44. The van der Waals surface area contributed by atoms with Crippen molar-refractivity contribution in [1.29, 1.82) is 0 Å². The molecule has 2 aliphatic heterocycles. The molecule has 7 heteroatoms. The monoisotopic (exact) mass is 437 g/mol. The largest absolute Gasteiger partial charge is 0.365 e. The molecule has 0 atom stereocenters. The normalized spacial score (nSPS) is 17.8. The zero-order chi connectivity index (χ0) is 21.8. The van der Waals surface area contributed by atoms with E-state index in [0.29, 0.717) is 0 Å². The molecular formula is C24H27N3O3S. The Labute approximate surface area is 184 Å². The first-order valence-electron chi connectivity index (χ1n) is 10.4. The summed E-state index contributed by atoms with van der Waals surface area (Å²) in [4.78, 5) is 6.99. The second kappa shape index (κ2) is 9.25. The summed E-state index contributed by atoms with van der Waals surface area (Å²) in [6.45, 7) is 5.15. The van der Waals surface area contributed by atoms with Gasteiger partial charge in [-0.2, -0.15) is 8.42 Å². The van der Waals surface area contributed by atoms with Gasteiger partial charge in [0.2, 0.25) is 0 Å². The van der Waals surface area contributed by atoms with Crippen LogP contribution in [-0.2, 0) is 16.7 Å². The van der Waals surface area contributed by atoms with Crippen LogP contribution in [0.2, 0.25) is 0 Å². The van der Waals surface area contributed by atoms with E-state index in [9.17, 15) is 8.42 Å². The van der Waals surface area contributed by atoms with Gasteiger partial charge < -0.3 is 4.90 Å². The van der Waals surface area contributed by atoms with Crippen molar-refractivity contribution in [3.8, 4) is 11.8 Å². The smallest absolute Gasteiger partial charge is 0.294 e. The van der Waals surface area contributed by atoms with Gasteiger partial charge in [0.25, 0.3) is 10.1 Å². The predicted octanol–water partition coefficient (Wildman–Crippen LogP) is 2.65. The molecule has 0 fully saturated rings. The molecule has 1 N–H and O–H groups in total. The van der Waals surface area contributed by atoms with Crippen molar-refractivity contribution >= 4 is 10.1 Å². The third kappa shape index (κ3) is 5.54. The van der Waals surface area contributed by atoms with Crippen LogP contribution in [0.3, 0.4) is 0 Å². The summed E-state index contributed by atoms with van der Waals surface area (Å²) >= 11 is 0. The standard InChI is InChI=1S/C24H27N3O3S/c1-25-19-27(16-21-9-11-23(12-10-21)31(28,29)30)18-22-17-26(15-13-24(22)25)14-5-8-20-6-3-2-4-7-20/h2-4,6-7,9-12H,13-19H2,1H3,(H,28,29,30). The fourth-order valence-corrected chi connectivity index (χ4v) is 4.71. The Hall–Kier alpha value is -2.63. The molecule has 6 nitrogen and oxygen atoms in total. The summed E-state index contributed by atoms with van der Waals surface area (Å²) in [5.74, 6) is 6.54. The van der Waals surface area contributed by atoms with Crippen molar-refractivity contribution in [3.63, 3.8) is 0 Å². The van der Waals surface area contributed by atoms with Gasteiger partial charge in [0.1, 0.15) is 0 Å². The molecule has 0 unspecified atom stereocenters. The fourth-order valence-electron chi connectivity index (χ4n) is 4.23. The summed E-state index contributed by atoms with van der Waals surface area (Å²) in [6.07, 6.45) is 1.04. The number of hydrogen-bond acceptors (Lipinski definition) is 5. The Morgan fingerprint density at radius 2 is 1.71 bits per heavy atom. The van der Waals surface area contributed by atoms with Crippen LogP contribution < -0.4 is 0 Å². The molecule has 0 aromatic heterocycles. The van der Waals surface area contributed by atoms with E-state index in [-0.39, 0.29) is 4.90 Å². The van der Waals surface area contributed by atoms with Crippen molar-refractivity contribution < 1.29 is 13.0 Å². The van der Waals surface area contributed by atoms with E-state index in [1.165, 1.54) is 23.4 Å². The molecular weight excluding hydrogens is 410 g/mol. The first-order valence-corrected chi connectivity index (χ1v) is 11.8. The van der Waals surface area contributed by atoms with Crippen LogP contribution in [-0.4, -0.2) is 67.6 Å². The van der Waals surface area contributed by atoms with E-state index < -0.39 is 10.1 Å². The molecule has 2 aliphatic rings. The van der Waals surface area contributed by atoms with Crippen molar-refractivity contribution in [2.75, 3.05) is 39.9 Å². The van der Waals surface area contributed by atoms with Crippen LogP contribution in [0.25, 0.3) is 0 Å². The highest BCUT2D eigenvalue weighted by Crippen LogP contribution is 2.26. The third-order valence-electron chi connectivity index (χ3n) is 5.71. The van der Waals surface area contributed by atoms with Gasteiger partial charge in [-0.25, -0.2) is 0 Å². The van der Waals surface area contributed by atoms with Crippen LogP contribution in [0.1, 0.15) is 17.5 Å². The van der Waals surface area contributed by atoms with Crippen molar-refractivity contribution in [2.24, 2.45) is 0 Å². The van der Waals surface area contributed by atoms with Gasteiger partial charge in [-0.05, 0) is 35.4 Å². The number of hydrogen-bond donors (Lipinski definition) is 1. The highest BCUT2D eigenvalue weighted by Gasteiger charge is 2.27. The molecule has 0 spiro atoms. The second-order valence-electron chi connectivity index (χ2n) is 8.12. The Morgan fingerprint density at radius 3 is 2.42 bits per heavy atom. The molecule has 0 bridgehead atoms. The first-order chi connectivity index (χ1) is 14.9. The minimum Gasteiger partial charge on any atom is -0.365 e. The Balaban J connectivity index is 1.38. The van der Waals surface area contributed by atoms with E-state index in [1.54, 1.807) is 12.1 Å². The van der Waals surface area contributed by atoms with Crippen LogP contribution in [0, 0.1) is 11.8 Å². The first kappa shape index (κ1) is 21.6. The predicted molar refractivity (Wildman–Crippen MR) is 121 cm³/mol. The molecule has 2 aromatic rings. The van der Waals surface area contributed by atoms with Gasteiger partial charge in [-0.15, -0.1) is 0 Å². The van der Waals surface area contributed by atoms with Gasteiger partial charge in [0.05, 0.1) is 18.1 Å². The Morgan fingerprint density at radius 1 is 1.00 bits per heavy atom. The number of rotatable bonds is 4. The minimum atomic E-state index is -4.15. The third-order valence-corrected chi connectivity index (χ3v) is 6.58. The summed E-state index contributed by atoms with van der Waals surface area (Å²) < 4.78 is 31.6. The zero-order valence-corrected chi connectivity index (χ0v) is 18.5. The van der Waals surface area contributed by atoms with E-state index in [4.69, 9.17) is 4.55 Å². The van der Waals surface area contributed by atoms with Crippen LogP contribution in [0.15, 0.2) is 70.8 Å². The highest BCUT2D eigenvalue weighted by molar-refractivity contribution is 7.85. The topological polar surface area (TPSA) is 64.1 Å². The van der Waals surface area contributed by atoms with Gasteiger partial charge in [0.15, 0.2) is 0 Å². The van der Waals surface area contributed by atoms with E-state index in [1.807, 2.05) is 30.3 Å². The maximum atomic E-state index is 11.2. The number of nitrogens with zero attached hydrogens (tertiary/aromatic N) is 3. The van der Waals surface area contributed by atoms with Gasteiger partial charge in [-0.3, -0.25) is 14.4 Å². The SMILES string of the molecule is CN1CN(Cc2ccc(S(=O)(=O)O)cc2)CC2=C1CCN(CC#Cc1ccccc1)C2. The lowest BCUT2D eigenvalue weighted by molar-refractivity contribution is 0.137. The summed E-state index contributed by atoms with van der Waals surface area (Å²) in [5, 5.41) is 0. The fraction of sp³-hybridized carbons (Fsp3) is 0.333. The molecule has 31 heavy (non-hydrogen) atoms. The van der Waals surface area contributed by atoms with Crippen molar-refractivity contribution in [2.45, 2.75) is 17.9 Å². The number of benzene rings is 2. The molecule has 0 aliphatic carbocycles. The lowest BCUT2D eigenvalue weighted by atomic mass is 10.0. The lowest BCUT2D eigenvalue weighted by Crippen LogP contribution is -2.47. The summed E-state index contributed by atoms with van der Waals surface area (Å²) in [5.41, 5.74) is 4.93. The van der Waals surface area contributed by atoms with E-state index in [2.05, 4.69) is 33.6 Å². The molecule has 2 aromatic carbocycles. The average molecular weight is 438 g/mol. The van der Waals surface area contributed by atoms with Crippen molar-refractivity contribution in [3.05, 3.63) is 77.0 Å². The van der Waals surface area contributed by atoms with E-state index >= 15 is 0 Å². The molecule has 0 radical (unpaired) electrons. The van der Waals surface area contributed by atoms with Crippen LogP contribution >= 0.6 is 0 Å². The van der Waals surface area contributed by atoms with Gasteiger partial charge in [-0.1, -0.05) is 42.2 Å². The Bertz CT molecular complexity index is 1120. The van der Waals surface area contributed by atoms with Crippen LogP contribution in [0.4, 0.5) is 0 Å². The van der Waals surface area contributed by atoms with Crippen LogP contribution in [0.5, 0.6) is 0 Å². The van der Waals surface area contributed by atoms with Crippen molar-refractivity contribution in [1.82, 2.24) is 14.7 Å². The minimum absolute atomic E-state index is 0.0726. The highest BCUT2D eigenvalue weighted by atomic mass is 32.2. The van der Waals surface area contributed by atoms with Gasteiger partial charge >= 0.3 is 0 Å². The average Bonchev–Trinajstić information content (AvgIpc) is 2.74. The summed E-state index contributed by atoms with van der Waals surface area (Å²) in [6, 6.07) is 16.5. The maximum Gasteiger partial charge on any atom is 0.294 e. The zero-order valence-electron chi connectivity index (χ0n) is 17.7. The van der Waals surface area contributed by atoms with Gasteiger partial charge in [0, 0.05) is 50.9 Å². The molecule has 2 heterocycles. The molecule has 4 rings (SSSR count). The second-order valence-corrected chi connectivity index (χ2v) is 9.55. The molecule has 162 valence electrons. The lowest BCUT2D eigenvalue weighted by Gasteiger charge is -2.42. The molecule has 0 saturated heterocycles.